The van der Waals surface area contributed by atoms with E-state index in [-0.39, 0.29) is 0 Å². The zero-order valence-electron chi connectivity index (χ0n) is 11.4. The average Bonchev–Trinajstić information content (AvgIpc) is 2.36. The van der Waals surface area contributed by atoms with Gasteiger partial charge in [-0.25, -0.2) is 4.79 Å². The van der Waals surface area contributed by atoms with Crippen LogP contribution in [-0.4, -0.2) is 11.1 Å². The molecule has 0 aliphatic rings. The van der Waals surface area contributed by atoms with Gasteiger partial charge in [-0.05, 0) is 43.7 Å². The van der Waals surface area contributed by atoms with Gasteiger partial charge in [0.15, 0.2) is 6.04 Å². The number of nitrogens with one attached hydrogen (secondary N) is 1. The molecule has 4 heteroatoms. The first kappa shape index (κ1) is 14.6. The van der Waals surface area contributed by atoms with Crippen LogP contribution in [0.25, 0.3) is 0 Å². The van der Waals surface area contributed by atoms with Gasteiger partial charge < -0.3 is 10.4 Å². The van der Waals surface area contributed by atoms with Crippen LogP contribution in [0.3, 0.4) is 0 Å². The third-order valence-corrected chi connectivity index (χ3v) is 3.51. The molecule has 0 fully saturated rings. The molecular formula is C16H16BrNO2. The topological polar surface area (TPSA) is 49.3 Å². The summed E-state index contributed by atoms with van der Waals surface area (Å²) in [6, 6.07) is 12.5. The van der Waals surface area contributed by atoms with Crippen LogP contribution in [0.15, 0.2) is 46.9 Å². The summed E-state index contributed by atoms with van der Waals surface area (Å²) in [5, 5.41) is 12.5. The lowest BCUT2D eigenvalue weighted by molar-refractivity contribution is -0.138. The monoisotopic (exact) mass is 333 g/mol. The van der Waals surface area contributed by atoms with Crippen molar-refractivity contribution >= 4 is 27.6 Å². The van der Waals surface area contributed by atoms with Crippen molar-refractivity contribution in [3.05, 3.63) is 63.6 Å². The second-order valence-electron chi connectivity index (χ2n) is 4.84. The van der Waals surface area contributed by atoms with E-state index in [1.165, 1.54) is 0 Å². The predicted molar refractivity (Wildman–Crippen MR) is 84.1 cm³/mol. The smallest absolute Gasteiger partial charge is 0.330 e. The maximum Gasteiger partial charge on any atom is 0.330 e. The number of rotatable bonds is 4. The molecule has 2 rings (SSSR count). The molecular weight excluding hydrogens is 318 g/mol. The van der Waals surface area contributed by atoms with Gasteiger partial charge in [-0.3, -0.25) is 0 Å². The zero-order valence-corrected chi connectivity index (χ0v) is 12.9. The Morgan fingerprint density at radius 2 is 1.65 bits per heavy atom. The second kappa shape index (κ2) is 6.09. The number of hydrogen-bond acceptors (Lipinski definition) is 2. The molecule has 0 saturated carbocycles. The lowest BCUT2D eigenvalue weighted by atomic mass is 10.0. The first-order valence-corrected chi connectivity index (χ1v) is 7.08. The minimum atomic E-state index is -0.891. The van der Waals surface area contributed by atoms with E-state index in [2.05, 4.69) is 21.2 Å². The van der Waals surface area contributed by atoms with Crippen molar-refractivity contribution in [2.24, 2.45) is 0 Å². The molecule has 20 heavy (non-hydrogen) atoms. The number of anilines is 1. The normalized spacial score (nSPS) is 11.9. The summed E-state index contributed by atoms with van der Waals surface area (Å²) in [5.74, 6) is -0.891. The molecule has 3 nitrogen and oxygen atoms in total. The van der Waals surface area contributed by atoms with E-state index in [1.807, 2.05) is 56.3 Å². The predicted octanol–water partition coefficient (Wildman–Crippen LogP) is 4.30. The second-order valence-corrected chi connectivity index (χ2v) is 5.76. The Labute approximate surface area is 126 Å². The van der Waals surface area contributed by atoms with Gasteiger partial charge in [0, 0.05) is 10.2 Å². The van der Waals surface area contributed by atoms with Gasteiger partial charge in [-0.2, -0.15) is 0 Å². The molecule has 0 spiro atoms. The third kappa shape index (κ3) is 3.61. The highest BCUT2D eigenvalue weighted by Crippen LogP contribution is 2.23. The lowest BCUT2D eigenvalue weighted by Gasteiger charge is -2.17. The van der Waals surface area contributed by atoms with Crippen molar-refractivity contribution in [3.8, 4) is 0 Å². The first-order valence-electron chi connectivity index (χ1n) is 6.29. The van der Waals surface area contributed by atoms with Crippen LogP contribution in [-0.2, 0) is 4.79 Å². The summed E-state index contributed by atoms with van der Waals surface area (Å²) >= 11 is 3.36. The standard InChI is InChI=1S/C16H16BrNO2/c1-10-7-11(2)9-12(8-10)15(16(19)20)18-14-5-3-13(17)4-6-14/h3-9,15,18H,1-2H3,(H,19,20). The SMILES string of the molecule is Cc1cc(C)cc(C(Nc2ccc(Br)cc2)C(=O)O)c1. The van der Waals surface area contributed by atoms with Crippen LogP contribution in [0.1, 0.15) is 22.7 Å². The van der Waals surface area contributed by atoms with E-state index in [0.717, 1.165) is 26.9 Å². The maximum atomic E-state index is 11.5. The summed E-state index contributed by atoms with van der Waals surface area (Å²) in [7, 11) is 0. The minimum Gasteiger partial charge on any atom is -0.479 e. The molecule has 1 atom stereocenters. The molecule has 104 valence electrons. The Kier molecular flexibility index (Phi) is 4.45. The van der Waals surface area contributed by atoms with Gasteiger partial charge >= 0.3 is 5.97 Å². The molecule has 0 saturated heterocycles. The number of halogens is 1. The van der Waals surface area contributed by atoms with Crippen molar-refractivity contribution < 1.29 is 9.90 Å². The van der Waals surface area contributed by atoms with Crippen LogP contribution >= 0.6 is 15.9 Å². The molecule has 2 N–H and O–H groups in total. The summed E-state index contributed by atoms with van der Waals surface area (Å²) in [4.78, 5) is 11.5. The fourth-order valence-electron chi connectivity index (χ4n) is 2.18. The fraction of sp³-hybridized carbons (Fsp3) is 0.188. The van der Waals surface area contributed by atoms with Crippen LogP contribution in [0.5, 0.6) is 0 Å². The number of aryl methyl sites for hydroxylation is 2. The van der Waals surface area contributed by atoms with Gasteiger partial charge in [0.05, 0.1) is 0 Å². The van der Waals surface area contributed by atoms with Crippen molar-refractivity contribution in [1.29, 1.82) is 0 Å². The highest BCUT2D eigenvalue weighted by molar-refractivity contribution is 9.10. The van der Waals surface area contributed by atoms with Crippen molar-refractivity contribution in [3.63, 3.8) is 0 Å². The lowest BCUT2D eigenvalue weighted by Crippen LogP contribution is -2.20. The Morgan fingerprint density at radius 1 is 1.10 bits per heavy atom. The van der Waals surface area contributed by atoms with E-state index in [1.54, 1.807) is 0 Å². The highest BCUT2D eigenvalue weighted by atomic mass is 79.9. The third-order valence-electron chi connectivity index (χ3n) is 2.98. The van der Waals surface area contributed by atoms with Crippen molar-refractivity contribution in [1.82, 2.24) is 0 Å². The van der Waals surface area contributed by atoms with Gasteiger partial charge in [0.1, 0.15) is 0 Å². The van der Waals surface area contributed by atoms with E-state index < -0.39 is 12.0 Å². The minimum absolute atomic E-state index is 0.755. The van der Waals surface area contributed by atoms with Gasteiger partial charge in [-0.1, -0.05) is 45.3 Å². The van der Waals surface area contributed by atoms with Gasteiger partial charge in [0.25, 0.3) is 0 Å². The van der Waals surface area contributed by atoms with Gasteiger partial charge in [0.2, 0.25) is 0 Å². The molecule has 2 aromatic rings. The molecule has 2 aromatic carbocycles. The summed E-state index contributed by atoms with van der Waals surface area (Å²) in [6.07, 6.45) is 0. The summed E-state index contributed by atoms with van der Waals surface area (Å²) in [5.41, 5.74) is 3.66. The van der Waals surface area contributed by atoms with Crippen LogP contribution in [0, 0.1) is 13.8 Å². The molecule has 0 heterocycles. The first-order chi connectivity index (χ1) is 9.45. The number of carboxylic acids is 1. The number of carboxylic acid groups (broad SMARTS) is 1. The number of hydrogen-bond donors (Lipinski definition) is 2. The van der Waals surface area contributed by atoms with Gasteiger partial charge in [-0.15, -0.1) is 0 Å². The zero-order chi connectivity index (χ0) is 14.7. The van der Waals surface area contributed by atoms with Crippen LogP contribution < -0.4 is 5.32 Å². The van der Waals surface area contributed by atoms with Crippen LogP contribution in [0.2, 0.25) is 0 Å². The molecule has 0 aliphatic heterocycles. The Hall–Kier alpha value is -1.81. The number of benzene rings is 2. The molecule has 0 amide bonds. The average molecular weight is 334 g/mol. The van der Waals surface area contributed by atoms with E-state index in [4.69, 9.17) is 0 Å². The molecule has 0 radical (unpaired) electrons. The maximum absolute atomic E-state index is 11.5. The van der Waals surface area contributed by atoms with Crippen molar-refractivity contribution in [2.75, 3.05) is 5.32 Å². The Morgan fingerprint density at radius 3 is 2.15 bits per heavy atom. The highest BCUT2D eigenvalue weighted by Gasteiger charge is 2.20. The summed E-state index contributed by atoms with van der Waals surface area (Å²) < 4.78 is 0.960. The largest absolute Gasteiger partial charge is 0.479 e. The number of carbonyl (C=O) groups is 1. The van der Waals surface area contributed by atoms with Crippen molar-refractivity contribution in [2.45, 2.75) is 19.9 Å². The van der Waals surface area contributed by atoms with E-state index in [9.17, 15) is 9.90 Å². The van der Waals surface area contributed by atoms with Crippen LogP contribution in [0.4, 0.5) is 5.69 Å². The quantitative estimate of drug-likeness (QED) is 0.876. The number of aliphatic carboxylic acids is 1. The molecule has 1 unspecified atom stereocenters. The molecule has 0 bridgehead atoms. The van der Waals surface area contributed by atoms with E-state index in [0.29, 0.717) is 0 Å². The summed E-state index contributed by atoms with van der Waals surface area (Å²) in [6.45, 7) is 3.93. The fourth-order valence-corrected chi connectivity index (χ4v) is 2.44. The Bertz CT molecular complexity index is 603. The molecule has 0 aromatic heterocycles. The Balaban J connectivity index is 2.31. The molecule has 0 aliphatic carbocycles. The van der Waals surface area contributed by atoms with E-state index >= 15 is 0 Å².